The molecule has 0 aromatic heterocycles. The van der Waals surface area contributed by atoms with E-state index in [4.69, 9.17) is 0 Å². The number of hydrogen-bond donors (Lipinski definition) is 0. The predicted molar refractivity (Wildman–Crippen MR) is 91.4 cm³/mol. The van der Waals surface area contributed by atoms with E-state index >= 15 is 0 Å². The summed E-state index contributed by atoms with van der Waals surface area (Å²) in [6.45, 7) is 0.729. The van der Waals surface area contributed by atoms with E-state index in [-0.39, 0.29) is 6.03 Å². The molecule has 3 nitrogen and oxygen atoms in total. The topological polar surface area (TPSA) is 23.6 Å². The van der Waals surface area contributed by atoms with Gasteiger partial charge in [-0.1, -0.05) is 46.3 Å². The van der Waals surface area contributed by atoms with Gasteiger partial charge in [-0.05, 0) is 42.6 Å². The zero-order valence-corrected chi connectivity index (χ0v) is 13.8. The number of amides is 2. The summed E-state index contributed by atoms with van der Waals surface area (Å²) in [5.41, 5.74) is 1.85. The van der Waals surface area contributed by atoms with Gasteiger partial charge in [0.1, 0.15) is 0 Å². The van der Waals surface area contributed by atoms with E-state index in [1.807, 2.05) is 52.8 Å². The van der Waals surface area contributed by atoms with Crippen LogP contribution < -0.4 is 4.90 Å². The maximum atomic E-state index is 12.8. The highest BCUT2D eigenvalue weighted by molar-refractivity contribution is 9.09. The molecule has 21 heavy (non-hydrogen) atoms. The average Bonchev–Trinajstić information content (AvgIpc) is 2.54. The molecule has 3 rings (SSSR count). The van der Waals surface area contributed by atoms with Crippen molar-refractivity contribution in [3.8, 4) is 0 Å². The van der Waals surface area contributed by atoms with Crippen molar-refractivity contribution >= 4 is 45.3 Å². The Morgan fingerprint density at radius 2 is 1.71 bits per heavy atom. The lowest BCUT2D eigenvalue weighted by Crippen LogP contribution is -2.40. The van der Waals surface area contributed by atoms with Crippen LogP contribution in [0.4, 0.5) is 16.2 Å². The van der Waals surface area contributed by atoms with Crippen molar-refractivity contribution in [2.24, 2.45) is 0 Å². The van der Waals surface area contributed by atoms with Gasteiger partial charge in [-0.25, -0.2) is 4.79 Å². The summed E-state index contributed by atoms with van der Waals surface area (Å²) in [7, 11) is 0. The molecule has 2 aromatic carbocycles. The van der Waals surface area contributed by atoms with Crippen LogP contribution in [0, 0.1) is 0 Å². The molecule has 0 unspecified atom stereocenters. The minimum absolute atomic E-state index is 0.0193. The van der Waals surface area contributed by atoms with Crippen LogP contribution in [0.2, 0.25) is 0 Å². The number of nitrogens with zero attached hydrogens (tertiary/aromatic N) is 2. The summed E-state index contributed by atoms with van der Waals surface area (Å²) in [4.78, 5) is 15.7. The lowest BCUT2D eigenvalue weighted by Gasteiger charge is -2.35. The van der Waals surface area contributed by atoms with E-state index < -0.39 is 0 Å². The number of fused-ring (bicyclic) bond motifs is 1. The summed E-state index contributed by atoms with van der Waals surface area (Å²) in [5, 5.41) is 0.893. The van der Waals surface area contributed by atoms with Crippen LogP contribution in [-0.4, -0.2) is 22.2 Å². The van der Waals surface area contributed by atoms with Crippen LogP contribution in [0.15, 0.2) is 59.5 Å². The lowest BCUT2D eigenvalue weighted by atomic mass is 10.2. The normalized spacial score (nSPS) is 14.2. The number of urea groups is 1. The van der Waals surface area contributed by atoms with E-state index in [2.05, 4.69) is 22.0 Å². The zero-order chi connectivity index (χ0) is 14.7. The Balaban J connectivity index is 2.01. The summed E-state index contributed by atoms with van der Waals surface area (Å²) in [6, 6.07) is 17.8. The standard InChI is InChI=1S/C16H15BrN2OS/c17-11-6-12-18-16(20)19(13-7-2-1-3-8-13)14-9-4-5-10-15(14)21-18/h1-5,7-10H,6,11-12H2. The van der Waals surface area contributed by atoms with Crippen LogP contribution in [0.5, 0.6) is 0 Å². The van der Waals surface area contributed by atoms with Crippen molar-refractivity contribution in [3.63, 3.8) is 0 Å². The Bertz CT molecular complexity index is 635. The predicted octanol–water partition coefficient (Wildman–Crippen LogP) is 5.05. The Kier molecular flexibility index (Phi) is 4.51. The third kappa shape index (κ3) is 2.94. The molecule has 0 atom stereocenters. The van der Waals surface area contributed by atoms with E-state index in [1.54, 1.807) is 4.90 Å². The molecule has 0 spiro atoms. The van der Waals surface area contributed by atoms with E-state index in [0.717, 1.165) is 34.6 Å². The molecule has 2 amide bonds. The molecule has 1 heterocycles. The first-order valence-corrected chi connectivity index (χ1v) is 8.70. The average molecular weight is 363 g/mol. The molecule has 0 saturated heterocycles. The number of anilines is 2. The Morgan fingerprint density at radius 1 is 1.00 bits per heavy atom. The monoisotopic (exact) mass is 362 g/mol. The van der Waals surface area contributed by atoms with Crippen molar-refractivity contribution in [2.45, 2.75) is 11.3 Å². The largest absolute Gasteiger partial charge is 0.339 e. The van der Waals surface area contributed by atoms with Crippen LogP contribution in [0.25, 0.3) is 0 Å². The first kappa shape index (κ1) is 14.5. The number of para-hydroxylation sites is 2. The summed E-state index contributed by atoms with van der Waals surface area (Å²) in [6.07, 6.45) is 0.934. The maximum absolute atomic E-state index is 12.8. The molecule has 0 saturated carbocycles. The van der Waals surface area contributed by atoms with Gasteiger partial charge in [0.2, 0.25) is 0 Å². The van der Waals surface area contributed by atoms with Gasteiger partial charge in [0.25, 0.3) is 0 Å². The Morgan fingerprint density at radius 3 is 2.48 bits per heavy atom. The van der Waals surface area contributed by atoms with Crippen LogP contribution in [0.3, 0.4) is 0 Å². The molecule has 1 aliphatic rings. The van der Waals surface area contributed by atoms with E-state index in [1.165, 1.54) is 11.9 Å². The summed E-state index contributed by atoms with van der Waals surface area (Å²) < 4.78 is 1.83. The molecule has 0 N–H and O–H groups in total. The second kappa shape index (κ2) is 6.54. The van der Waals surface area contributed by atoms with Crippen molar-refractivity contribution in [3.05, 3.63) is 54.6 Å². The van der Waals surface area contributed by atoms with Gasteiger partial charge in [-0.15, -0.1) is 0 Å². The highest BCUT2D eigenvalue weighted by Gasteiger charge is 2.31. The summed E-state index contributed by atoms with van der Waals surface area (Å²) >= 11 is 4.95. The van der Waals surface area contributed by atoms with Gasteiger partial charge in [-0.2, -0.15) is 0 Å². The van der Waals surface area contributed by atoms with Gasteiger partial charge < -0.3 is 0 Å². The highest BCUT2D eigenvalue weighted by atomic mass is 79.9. The smallest absolute Gasteiger partial charge is 0.263 e. The van der Waals surface area contributed by atoms with Crippen LogP contribution >= 0.6 is 27.9 Å². The fourth-order valence-electron chi connectivity index (χ4n) is 2.26. The quantitative estimate of drug-likeness (QED) is 0.560. The van der Waals surface area contributed by atoms with E-state index in [9.17, 15) is 4.79 Å². The molecule has 108 valence electrons. The fourth-order valence-corrected chi connectivity index (χ4v) is 3.52. The third-order valence-corrected chi connectivity index (χ3v) is 4.89. The molecular weight excluding hydrogens is 348 g/mol. The van der Waals surface area contributed by atoms with Gasteiger partial charge in [0.05, 0.1) is 16.3 Å². The molecule has 0 fully saturated rings. The first-order chi connectivity index (χ1) is 10.3. The molecule has 5 heteroatoms. The van der Waals surface area contributed by atoms with Crippen molar-refractivity contribution in [1.29, 1.82) is 0 Å². The molecule has 1 aliphatic heterocycles. The molecule has 2 aromatic rings. The number of halogens is 1. The fraction of sp³-hybridized carbons (Fsp3) is 0.188. The van der Waals surface area contributed by atoms with E-state index in [0.29, 0.717) is 0 Å². The number of rotatable bonds is 4. The molecule has 0 bridgehead atoms. The Hall–Kier alpha value is -1.46. The minimum Gasteiger partial charge on any atom is -0.263 e. The number of alkyl halides is 1. The maximum Gasteiger partial charge on any atom is 0.339 e. The van der Waals surface area contributed by atoms with Crippen molar-refractivity contribution in [1.82, 2.24) is 4.31 Å². The highest BCUT2D eigenvalue weighted by Crippen LogP contribution is 2.42. The van der Waals surface area contributed by atoms with Gasteiger partial charge in [-0.3, -0.25) is 9.21 Å². The lowest BCUT2D eigenvalue weighted by molar-refractivity contribution is 0.233. The second-order valence-electron chi connectivity index (χ2n) is 4.66. The number of benzene rings is 2. The van der Waals surface area contributed by atoms with Gasteiger partial charge >= 0.3 is 6.03 Å². The molecular formula is C16H15BrN2OS. The SMILES string of the molecule is O=C1N(CCCBr)Sc2ccccc2N1c1ccccc1. The Labute approximate surface area is 137 Å². The molecule has 0 aliphatic carbocycles. The van der Waals surface area contributed by atoms with Crippen LogP contribution in [0.1, 0.15) is 6.42 Å². The van der Waals surface area contributed by atoms with Crippen LogP contribution in [-0.2, 0) is 0 Å². The minimum atomic E-state index is 0.0193. The molecule has 0 radical (unpaired) electrons. The van der Waals surface area contributed by atoms with Crippen molar-refractivity contribution < 1.29 is 4.79 Å². The number of carbonyl (C=O) groups excluding carboxylic acids is 1. The van der Waals surface area contributed by atoms with Gasteiger partial charge in [0.15, 0.2) is 0 Å². The van der Waals surface area contributed by atoms with Gasteiger partial charge in [0, 0.05) is 11.9 Å². The van der Waals surface area contributed by atoms with Crippen molar-refractivity contribution in [2.75, 3.05) is 16.8 Å². The zero-order valence-electron chi connectivity index (χ0n) is 11.4. The number of carbonyl (C=O) groups is 1. The summed E-state index contributed by atoms with van der Waals surface area (Å²) in [5.74, 6) is 0. The first-order valence-electron chi connectivity index (χ1n) is 6.81. The third-order valence-electron chi connectivity index (χ3n) is 3.23. The second-order valence-corrected chi connectivity index (χ2v) is 6.51. The number of hydrogen-bond acceptors (Lipinski definition) is 2.